The number of nitrogens with zero attached hydrogens (tertiary/aromatic N) is 1. The molecule has 0 bridgehead atoms. The molecule has 4 heteroatoms. The van der Waals surface area contributed by atoms with Crippen LogP contribution >= 0.6 is 11.3 Å². The van der Waals surface area contributed by atoms with E-state index in [9.17, 15) is 4.79 Å². The van der Waals surface area contributed by atoms with Gasteiger partial charge in [-0.05, 0) is 30.7 Å². The van der Waals surface area contributed by atoms with Crippen LogP contribution in [0.2, 0.25) is 0 Å². The van der Waals surface area contributed by atoms with Gasteiger partial charge in [0, 0.05) is 6.08 Å². The first-order valence-electron chi connectivity index (χ1n) is 5.50. The summed E-state index contributed by atoms with van der Waals surface area (Å²) < 4.78 is 6.05. The van der Waals surface area contributed by atoms with Crippen molar-refractivity contribution in [3.05, 3.63) is 47.5 Å². The molecule has 0 aliphatic rings. The van der Waals surface area contributed by atoms with Gasteiger partial charge in [-0.3, -0.25) is 0 Å². The van der Waals surface area contributed by atoms with E-state index in [1.54, 1.807) is 17.4 Å². The van der Waals surface area contributed by atoms with E-state index in [0.29, 0.717) is 0 Å². The number of fused-ring (bicyclic) bond motifs is 1. The lowest BCUT2D eigenvalue weighted by molar-refractivity contribution is -0.136. The Hall–Kier alpha value is -1.94. The third-order valence-corrected chi connectivity index (χ3v) is 3.13. The van der Waals surface area contributed by atoms with Crippen LogP contribution in [-0.2, 0) is 9.53 Å². The van der Waals surface area contributed by atoms with Gasteiger partial charge >= 0.3 is 5.97 Å². The first kappa shape index (κ1) is 12.5. The topological polar surface area (TPSA) is 39.2 Å². The van der Waals surface area contributed by atoms with E-state index in [4.69, 9.17) is 4.74 Å². The van der Waals surface area contributed by atoms with Gasteiger partial charge in [0.05, 0.1) is 10.2 Å². The second-order valence-corrected chi connectivity index (χ2v) is 4.98. The molecule has 92 valence electrons. The van der Waals surface area contributed by atoms with Crippen LogP contribution < -0.4 is 0 Å². The van der Waals surface area contributed by atoms with Crippen molar-refractivity contribution in [3.8, 4) is 0 Å². The number of aromatic nitrogens is 1. The first-order chi connectivity index (χ1) is 8.65. The molecule has 18 heavy (non-hydrogen) atoms. The highest BCUT2D eigenvalue weighted by Gasteiger charge is 2.01. The summed E-state index contributed by atoms with van der Waals surface area (Å²) >= 11 is 1.54. The molecule has 0 spiro atoms. The number of carbonyl (C=O) groups is 1. The van der Waals surface area contributed by atoms with E-state index < -0.39 is 0 Å². The zero-order valence-electron chi connectivity index (χ0n) is 10.1. The average molecular weight is 259 g/mol. The summed E-state index contributed by atoms with van der Waals surface area (Å²) in [6, 6.07) is 7.86. The molecule has 0 N–H and O–H groups in total. The largest absolute Gasteiger partial charge is 0.458 e. The van der Waals surface area contributed by atoms with Crippen LogP contribution in [0.25, 0.3) is 16.3 Å². The third kappa shape index (κ3) is 3.28. The molecule has 0 atom stereocenters. The summed E-state index contributed by atoms with van der Waals surface area (Å²) in [6.07, 6.45) is 3.06. The molecule has 2 aromatic rings. The smallest absolute Gasteiger partial charge is 0.331 e. The van der Waals surface area contributed by atoms with E-state index in [0.717, 1.165) is 20.8 Å². The molecule has 0 aliphatic carbocycles. The van der Waals surface area contributed by atoms with Crippen molar-refractivity contribution in [1.82, 2.24) is 4.98 Å². The fraction of sp³-hybridized carbons (Fsp3) is 0.143. The Bertz CT molecular complexity index is 580. The Balaban J connectivity index is 2.04. The number of benzene rings is 1. The first-order valence-corrected chi connectivity index (χ1v) is 6.31. The maximum atomic E-state index is 11.4. The lowest BCUT2D eigenvalue weighted by Crippen LogP contribution is -2.02. The van der Waals surface area contributed by atoms with E-state index in [2.05, 4.69) is 11.6 Å². The maximum Gasteiger partial charge on any atom is 0.331 e. The Morgan fingerprint density at radius 1 is 1.50 bits per heavy atom. The van der Waals surface area contributed by atoms with Gasteiger partial charge < -0.3 is 4.74 Å². The van der Waals surface area contributed by atoms with Gasteiger partial charge in [-0.15, -0.1) is 11.3 Å². The average Bonchev–Trinajstić information content (AvgIpc) is 2.76. The number of hydrogen-bond donors (Lipinski definition) is 0. The Morgan fingerprint density at radius 2 is 2.28 bits per heavy atom. The molecule has 0 saturated heterocycles. The van der Waals surface area contributed by atoms with Crippen molar-refractivity contribution >= 4 is 33.6 Å². The number of rotatable bonds is 4. The molecule has 3 nitrogen and oxygen atoms in total. The second-order valence-electron chi connectivity index (χ2n) is 3.92. The highest BCUT2D eigenvalue weighted by Crippen LogP contribution is 2.22. The minimum absolute atomic E-state index is 0.253. The van der Waals surface area contributed by atoms with E-state index in [-0.39, 0.29) is 12.6 Å². The zero-order valence-corrected chi connectivity index (χ0v) is 10.9. The molecule has 0 fully saturated rings. The van der Waals surface area contributed by atoms with Crippen molar-refractivity contribution in [3.63, 3.8) is 0 Å². The third-order valence-electron chi connectivity index (χ3n) is 2.13. The fourth-order valence-electron chi connectivity index (χ4n) is 1.34. The maximum absolute atomic E-state index is 11.4. The van der Waals surface area contributed by atoms with Crippen LogP contribution in [0.5, 0.6) is 0 Å². The summed E-state index contributed by atoms with van der Waals surface area (Å²) in [5.41, 5.74) is 1.76. The van der Waals surface area contributed by atoms with Gasteiger partial charge in [-0.25, -0.2) is 9.78 Å². The summed E-state index contributed by atoms with van der Waals surface area (Å²) in [5.74, 6) is -0.378. The lowest BCUT2D eigenvalue weighted by atomic mass is 10.3. The van der Waals surface area contributed by atoms with Gasteiger partial charge in [-0.1, -0.05) is 18.7 Å². The standard InChI is InChI=1S/C14H13NO2S/c1-10(2)9-17-14(16)8-7-13-15-11-5-3-4-6-12(11)18-13/h3-8H,1,9H2,2H3/b8-7+. The molecule has 0 amide bonds. The van der Waals surface area contributed by atoms with Crippen molar-refractivity contribution in [1.29, 1.82) is 0 Å². The summed E-state index contributed by atoms with van der Waals surface area (Å²) in [4.78, 5) is 15.7. The van der Waals surface area contributed by atoms with Crippen LogP contribution in [0.15, 0.2) is 42.5 Å². The van der Waals surface area contributed by atoms with Gasteiger partial charge in [0.25, 0.3) is 0 Å². The predicted molar refractivity (Wildman–Crippen MR) is 74.4 cm³/mol. The summed E-state index contributed by atoms with van der Waals surface area (Å²) in [7, 11) is 0. The van der Waals surface area contributed by atoms with E-state index >= 15 is 0 Å². The Labute approximate surface area is 109 Å². The Morgan fingerprint density at radius 3 is 3.00 bits per heavy atom. The lowest BCUT2D eigenvalue weighted by Gasteiger charge is -1.98. The molecule has 0 radical (unpaired) electrons. The molecule has 0 saturated carbocycles. The fourth-order valence-corrected chi connectivity index (χ4v) is 2.21. The molecule has 1 aromatic carbocycles. The number of para-hydroxylation sites is 1. The van der Waals surface area contributed by atoms with Gasteiger partial charge in [0.1, 0.15) is 11.6 Å². The zero-order chi connectivity index (χ0) is 13.0. The van der Waals surface area contributed by atoms with Crippen molar-refractivity contribution in [2.24, 2.45) is 0 Å². The highest BCUT2D eigenvalue weighted by molar-refractivity contribution is 7.19. The van der Waals surface area contributed by atoms with Crippen LogP contribution in [-0.4, -0.2) is 17.6 Å². The van der Waals surface area contributed by atoms with Crippen molar-refractivity contribution < 1.29 is 9.53 Å². The van der Waals surface area contributed by atoms with Crippen molar-refractivity contribution in [2.45, 2.75) is 6.92 Å². The molecular weight excluding hydrogens is 246 g/mol. The number of esters is 1. The molecule has 1 heterocycles. The van der Waals surface area contributed by atoms with Gasteiger partial charge in [0.2, 0.25) is 0 Å². The Kier molecular flexibility index (Phi) is 3.89. The quantitative estimate of drug-likeness (QED) is 0.480. The molecule has 0 unspecified atom stereocenters. The molecule has 1 aromatic heterocycles. The van der Waals surface area contributed by atoms with Crippen LogP contribution in [0.3, 0.4) is 0 Å². The molecule has 0 aliphatic heterocycles. The van der Waals surface area contributed by atoms with Crippen LogP contribution in [0, 0.1) is 0 Å². The SMILES string of the molecule is C=C(C)COC(=O)/C=C/c1nc2ccccc2s1. The minimum Gasteiger partial charge on any atom is -0.458 e. The number of carbonyl (C=O) groups excluding carboxylic acids is 1. The second kappa shape index (κ2) is 5.60. The normalized spacial score (nSPS) is 10.9. The van der Waals surface area contributed by atoms with Crippen LogP contribution in [0.4, 0.5) is 0 Å². The number of ether oxygens (including phenoxy) is 1. The molecule has 2 rings (SSSR count). The minimum atomic E-state index is -0.378. The summed E-state index contributed by atoms with van der Waals surface area (Å²) in [6.45, 7) is 5.73. The molecular formula is C14H13NO2S. The van der Waals surface area contributed by atoms with E-state index in [1.807, 2.05) is 31.2 Å². The highest BCUT2D eigenvalue weighted by atomic mass is 32.1. The van der Waals surface area contributed by atoms with Crippen molar-refractivity contribution in [2.75, 3.05) is 6.61 Å². The van der Waals surface area contributed by atoms with Crippen LogP contribution in [0.1, 0.15) is 11.9 Å². The number of hydrogen-bond acceptors (Lipinski definition) is 4. The predicted octanol–water partition coefficient (Wildman–Crippen LogP) is 3.43. The monoisotopic (exact) mass is 259 g/mol. The summed E-state index contributed by atoms with van der Waals surface area (Å²) in [5, 5.41) is 0.795. The van der Waals surface area contributed by atoms with Gasteiger partial charge in [-0.2, -0.15) is 0 Å². The van der Waals surface area contributed by atoms with E-state index in [1.165, 1.54) is 6.08 Å². The number of thiazole rings is 1. The van der Waals surface area contributed by atoms with Gasteiger partial charge in [0.15, 0.2) is 0 Å².